The first-order valence-electron chi connectivity index (χ1n) is 6.39. The normalized spacial score (nSPS) is 23.2. The van der Waals surface area contributed by atoms with E-state index in [1.807, 2.05) is 6.92 Å². The number of rotatable bonds is 4. The van der Waals surface area contributed by atoms with Crippen LogP contribution in [0.1, 0.15) is 36.7 Å². The number of aromatic nitrogens is 2. The smallest absolute Gasteiger partial charge is 0.273 e. The Morgan fingerprint density at radius 1 is 1.67 bits per heavy atom. The van der Waals surface area contributed by atoms with Gasteiger partial charge in [0, 0.05) is 19.3 Å². The number of nitrogens with zero attached hydrogens (tertiary/aromatic N) is 2. The van der Waals surface area contributed by atoms with Crippen molar-refractivity contribution < 1.29 is 9.90 Å². The summed E-state index contributed by atoms with van der Waals surface area (Å²) >= 11 is 0. The second-order valence-corrected chi connectivity index (χ2v) is 4.83. The van der Waals surface area contributed by atoms with Crippen molar-refractivity contribution in [1.29, 1.82) is 0 Å². The molecule has 18 heavy (non-hydrogen) atoms. The van der Waals surface area contributed by atoms with Crippen LogP contribution >= 0.6 is 0 Å². The Morgan fingerprint density at radius 2 is 2.44 bits per heavy atom. The molecule has 0 bridgehead atoms. The van der Waals surface area contributed by atoms with Gasteiger partial charge in [0.2, 0.25) is 0 Å². The maximum Gasteiger partial charge on any atom is 0.273 e. The predicted octanol–water partition coefficient (Wildman–Crippen LogP) is 0.376. The first kappa shape index (κ1) is 12.9. The van der Waals surface area contributed by atoms with Gasteiger partial charge in [-0.3, -0.25) is 9.48 Å². The number of aliphatic hydroxyl groups is 1. The molecule has 4 N–H and O–H groups in total. The topological polar surface area (TPSA) is 93.2 Å². The Morgan fingerprint density at radius 3 is 3.00 bits per heavy atom. The molecule has 1 saturated carbocycles. The predicted molar refractivity (Wildman–Crippen MR) is 68.0 cm³/mol. The lowest BCUT2D eigenvalue weighted by Gasteiger charge is -2.10. The van der Waals surface area contributed by atoms with E-state index in [0.717, 1.165) is 19.3 Å². The average molecular weight is 252 g/mol. The Bertz CT molecular complexity index is 430. The van der Waals surface area contributed by atoms with Gasteiger partial charge in [0.15, 0.2) is 5.69 Å². The highest BCUT2D eigenvalue weighted by molar-refractivity contribution is 5.96. The third-order valence-corrected chi connectivity index (χ3v) is 3.39. The highest BCUT2D eigenvalue weighted by Crippen LogP contribution is 2.24. The number of nitrogen functional groups attached to an aromatic ring is 1. The minimum atomic E-state index is -0.235. The van der Waals surface area contributed by atoms with Crippen molar-refractivity contribution in [3.05, 3.63) is 11.9 Å². The highest BCUT2D eigenvalue weighted by atomic mass is 16.3. The van der Waals surface area contributed by atoms with Gasteiger partial charge in [-0.25, -0.2) is 0 Å². The fourth-order valence-corrected chi connectivity index (χ4v) is 2.33. The number of aryl methyl sites for hydroxylation is 1. The molecule has 1 aromatic heterocycles. The molecule has 2 unspecified atom stereocenters. The van der Waals surface area contributed by atoms with Crippen LogP contribution in [0, 0.1) is 5.92 Å². The SMILES string of the molecule is CCn1cc(N)c(C(=O)NCC2CCC(O)C2)n1. The van der Waals surface area contributed by atoms with E-state index in [1.54, 1.807) is 10.9 Å². The lowest BCUT2D eigenvalue weighted by atomic mass is 10.1. The quantitative estimate of drug-likeness (QED) is 0.722. The van der Waals surface area contributed by atoms with Crippen LogP contribution < -0.4 is 11.1 Å². The molecule has 1 aliphatic rings. The van der Waals surface area contributed by atoms with Crippen molar-refractivity contribution in [2.24, 2.45) is 5.92 Å². The van der Waals surface area contributed by atoms with Crippen LogP contribution in [-0.4, -0.2) is 33.4 Å². The van der Waals surface area contributed by atoms with Gasteiger partial charge in [0.1, 0.15) is 0 Å². The summed E-state index contributed by atoms with van der Waals surface area (Å²) in [7, 11) is 0. The summed E-state index contributed by atoms with van der Waals surface area (Å²) in [4.78, 5) is 11.9. The minimum absolute atomic E-state index is 0.212. The molecule has 0 aromatic carbocycles. The van der Waals surface area contributed by atoms with Crippen LogP contribution in [0.25, 0.3) is 0 Å². The van der Waals surface area contributed by atoms with E-state index in [-0.39, 0.29) is 17.7 Å². The van der Waals surface area contributed by atoms with Crippen LogP contribution in [0.15, 0.2) is 6.20 Å². The third-order valence-electron chi connectivity index (χ3n) is 3.39. The molecule has 2 rings (SSSR count). The molecule has 0 spiro atoms. The Balaban J connectivity index is 1.89. The molecule has 1 aromatic rings. The average Bonchev–Trinajstić information content (AvgIpc) is 2.92. The van der Waals surface area contributed by atoms with Crippen LogP contribution in [0.2, 0.25) is 0 Å². The van der Waals surface area contributed by atoms with E-state index in [1.165, 1.54) is 0 Å². The number of aliphatic hydroxyl groups excluding tert-OH is 1. The van der Waals surface area contributed by atoms with Crippen molar-refractivity contribution in [3.63, 3.8) is 0 Å². The van der Waals surface area contributed by atoms with Crippen LogP contribution in [0.4, 0.5) is 5.69 Å². The van der Waals surface area contributed by atoms with Gasteiger partial charge in [-0.15, -0.1) is 0 Å². The van der Waals surface area contributed by atoms with Gasteiger partial charge in [-0.1, -0.05) is 0 Å². The number of amides is 1. The summed E-state index contributed by atoms with van der Waals surface area (Å²) in [5.74, 6) is 0.125. The number of carbonyl (C=O) groups is 1. The molecule has 6 heteroatoms. The van der Waals surface area contributed by atoms with Gasteiger partial charge in [-0.05, 0) is 32.1 Å². The molecule has 0 aliphatic heterocycles. The van der Waals surface area contributed by atoms with Gasteiger partial charge >= 0.3 is 0 Å². The van der Waals surface area contributed by atoms with E-state index in [0.29, 0.717) is 24.7 Å². The molecule has 1 aliphatic carbocycles. The summed E-state index contributed by atoms with van der Waals surface area (Å²) in [6.45, 7) is 3.20. The zero-order chi connectivity index (χ0) is 13.1. The summed E-state index contributed by atoms with van der Waals surface area (Å²) in [5.41, 5.74) is 6.43. The molecule has 1 heterocycles. The molecule has 0 saturated heterocycles. The second-order valence-electron chi connectivity index (χ2n) is 4.83. The molecule has 1 amide bonds. The third kappa shape index (κ3) is 2.81. The number of carbonyl (C=O) groups excluding carboxylic acids is 1. The van der Waals surface area contributed by atoms with Crippen LogP contribution in [-0.2, 0) is 6.54 Å². The lowest BCUT2D eigenvalue weighted by molar-refractivity contribution is 0.0940. The first-order valence-corrected chi connectivity index (χ1v) is 6.39. The molecule has 0 radical (unpaired) electrons. The Labute approximate surface area is 106 Å². The van der Waals surface area contributed by atoms with Gasteiger partial charge in [0.25, 0.3) is 5.91 Å². The number of nitrogens with two attached hydrogens (primary N) is 1. The van der Waals surface area contributed by atoms with Gasteiger partial charge in [0.05, 0.1) is 11.8 Å². The molecule has 100 valence electrons. The molecular weight excluding hydrogens is 232 g/mol. The fraction of sp³-hybridized carbons (Fsp3) is 0.667. The zero-order valence-electron chi connectivity index (χ0n) is 10.6. The van der Waals surface area contributed by atoms with Crippen molar-refractivity contribution >= 4 is 11.6 Å². The molecular formula is C12H20N4O2. The molecule has 2 atom stereocenters. The molecule has 6 nitrogen and oxygen atoms in total. The van der Waals surface area contributed by atoms with Crippen LogP contribution in [0.5, 0.6) is 0 Å². The van der Waals surface area contributed by atoms with Crippen LogP contribution in [0.3, 0.4) is 0 Å². The monoisotopic (exact) mass is 252 g/mol. The first-order chi connectivity index (χ1) is 8.60. The number of hydrogen-bond acceptors (Lipinski definition) is 4. The van der Waals surface area contributed by atoms with Crippen molar-refractivity contribution in [1.82, 2.24) is 15.1 Å². The van der Waals surface area contributed by atoms with E-state index >= 15 is 0 Å². The minimum Gasteiger partial charge on any atom is -0.396 e. The van der Waals surface area contributed by atoms with Crippen molar-refractivity contribution in [3.8, 4) is 0 Å². The van der Waals surface area contributed by atoms with E-state index in [4.69, 9.17) is 5.73 Å². The van der Waals surface area contributed by atoms with Crippen molar-refractivity contribution in [2.45, 2.75) is 38.8 Å². The number of anilines is 1. The standard InChI is InChI=1S/C12H20N4O2/c1-2-16-7-10(13)11(15-16)12(18)14-6-8-3-4-9(17)5-8/h7-9,17H,2-6,13H2,1H3,(H,14,18). The Hall–Kier alpha value is -1.56. The van der Waals surface area contributed by atoms with E-state index in [2.05, 4.69) is 10.4 Å². The summed E-state index contributed by atoms with van der Waals surface area (Å²) < 4.78 is 1.64. The van der Waals surface area contributed by atoms with E-state index < -0.39 is 0 Å². The Kier molecular flexibility index (Phi) is 3.86. The van der Waals surface area contributed by atoms with Gasteiger partial charge in [-0.2, -0.15) is 5.10 Å². The lowest BCUT2D eigenvalue weighted by Crippen LogP contribution is -2.29. The maximum atomic E-state index is 11.9. The maximum absolute atomic E-state index is 11.9. The summed E-state index contributed by atoms with van der Waals surface area (Å²) in [5, 5.41) is 16.4. The highest BCUT2D eigenvalue weighted by Gasteiger charge is 2.24. The van der Waals surface area contributed by atoms with Crippen molar-refractivity contribution in [2.75, 3.05) is 12.3 Å². The number of nitrogens with one attached hydrogen (secondary N) is 1. The summed E-state index contributed by atoms with van der Waals surface area (Å²) in [6.07, 6.45) is 4.00. The summed E-state index contributed by atoms with van der Waals surface area (Å²) in [6, 6.07) is 0. The molecule has 1 fully saturated rings. The fourth-order valence-electron chi connectivity index (χ4n) is 2.33. The largest absolute Gasteiger partial charge is 0.396 e. The number of hydrogen-bond donors (Lipinski definition) is 3. The zero-order valence-corrected chi connectivity index (χ0v) is 10.6. The van der Waals surface area contributed by atoms with Gasteiger partial charge < -0.3 is 16.2 Å². The van der Waals surface area contributed by atoms with E-state index in [9.17, 15) is 9.90 Å². The second kappa shape index (κ2) is 5.39.